The van der Waals surface area contributed by atoms with Crippen LogP contribution in [-0.4, -0.2) is 11.1 Å². The maximum atomic E-state index is 11.5. The topological polar surface area (TPSA) is 89.3 Å². The molecule has 0 unspecified atom stereocenters. The standard InChI is InChI=1S/C21H20N2O2/c22-19-5-1-14(2-6-19)9-16-11-17(13-18(12-16)21(24)25)10-15-3-7-20(23)8-4-15/h1-8,11-13H,9-10,22-23H2,(H,24,25). The second-order valence-corrected chi connectivity index (χ2v) is 6.18. The summed E-state index contributed by atoms with van der Waals surface area (Å²) >= 11 is 0. The van der Waals surface area contributed by atoms with Gasteiger partial charge >= 0.3 is 5.97 Å². The highest BCUT2D eigenvalue weighted by molar-refractivity contribution is 5.88. The first kappa shape index (κ1) is 16.6. The van der Waals surface area contributed by atoms with E-state index in [1.54, 1.807) is 12.1 Å². The van der Waals surface area contributed by atoms with Gasteiger partial charge in [0.25, 0.3) is 0 Å². The molecule has 0 heterocycles. The molecule has 0 aliphatic carbocycles. The first-order chi connectivity index (χ1) is 12.0. The van der Waals surface area contributed by atoms with Gasteiger partial charge < -0.3 is 16.6 Å². The summed E-state index contributed by atoms with van der Waals surface area (Å²) in [7, 11) is 0. The Kier molecular flexibility index (Phi) is 4.70. The zero-order chi connectivity index (χ0) is 17.8. The van der Waals surface area contributed by atoms with E-state index in [2.05, 4.69) is 6.07 Å². The number of anilines is 2. The van der Waals surface area contributed by atoms with E-state index >= 15 is 0 Å². The molecule has 0 aliphatic rings. The molecular formula is C21H20N2O2. The van der Waals surface area contributed by atoms with Crippen molar-refractivity contribution in [3.63, 3.8) is 0 Å². The minimum absolute atomic E-state index is 0.304. The maximum Gasteiger partial charge on any atom is 0.335 e. The average molecular weight is 332 g/mol. The summed E-state index contributed by atoms with van der Waals surface area (Å²) in [5, 5.41) is 9.41. The highest BCUT2D eigenvalue weighted by Crippen LogP contribution is 2.19. The van der Waals surface area contributed by atoms with Gasteiger partial charge in [-0.3, -0.25) is 0 Å². The van der Waals surface area contributed by atoms with Crippen LogP contribution < -0.4 is 11.5 Å². The van der Waals surface area contributed by atoms with Gasteiger partial charge in [-0.1, -0.05) is 30.3 Å². The molecule has 0 amide bonds. The highest BCUT2D eigenvalue weighted by atomic mass is 16.4. The SMILES string of the molecule is Nc1ccc(Cc2cc(Cc3ccc(N)cc3)cc(C(=O)O)c2)cc1. The molecule has 4 nitrogen and oxygen atoms in total. The third-order valence-electron chi connectivity index (χ3n) is 4.08. The van der Waals surface area contributed by atoms with E-state index in [4.69, 9.17) is 11.5 Å². The monoisotopic (exact) mass is 332 g/mol. The molecule has 4 heteroatoms. The number of nitrogens with two attached hydrogens (primary N) is 2. The number of aromatic carboxylic acids is 1. The van der Waals surface area contributed by atoms with Crippen molar-refractivity contribution in [2.45, 2.75) is 12.8 Å². The van der Waals surface area contributed by atoms with Crippen LogP contribution in [0.25, 0.3) is 0 Å². The van der Waals surface area contributed by atoms with Crippen LogP contribution in [0.15, 0.2) is 66.7 Å². The van der Waals surface area contributed by atoms with Gasteiger partial charge in [0, 0.05) is 11.4 Å². The third kappa shape index (κ3) is 4.38. The van der Waals surface area contributed by atoms with Crippen LogP contribution >= 0.6 is 0 Å². The largest absolute Gasteiger partial charge is 0.478 e. The Morgan fingerprint density at radius 3 is 1.44 bits per heavy atom. The van der Waals surface area contributed by atoms with Crippen LogP contribution in [0.2, 0.25) is 0 Å². The summed E-state index contributed by atoms with van der Waals surface area (Å²) in [4.78, 5) is 11.5. The molecule has 25 heavy (non-hydrogen) atoms. The number of hydrogen-bond donors (Lipinski definition) is 3. The van der Waals surface area contributed by atoms with Crippen molar-refractivity contribution in [3.05, 3.63) is 94.5 Å². The summed E-state index contributed by atoms with van der Waals surface area (Å²) in [6.45, 7) is 0. The Bertz CT molecular complexity index is 819. The zero-order valence-corrected chi connectivity index (χ0v) is 13.8. The van der Waals surface area contributed by atoms with Gasteiger partial charge in [-0.25, -0.2) is 4.79 Å². The lowest BCUT2D eigenvalue weighted by Crippen LogP contribution is -2.01. The lowest BCUT2D eigenvalue weighted by molar-refractivity contribution is 0.0696. The van der Waals surface area contributed by atoms with E-state index in [0.29, 0.717) is 29.8 Å². The predicted octanol–water partition coefficient (Wildman–Crippen LogP) is 3.73. The number of carboxylic acids is 1. The van der Waals surface area contributed by atoms with E-state index in [1.807, 2.05) is 48.5 Å². The molecular weight excluding hydrogens is 312 g/mol. The van der Waals surface area contributed by atoms with E-state index in [0.717, 1.165) is 22.3 Å². The maximum absolute atomic E-state index is 11.5. The van der Waals surface area contributed by atoms with Crippen LogP contribution in [0.3, 0.4) is 0 Å². The molecule has 5 N–H and O–H groups in total. The Balaban J connectivity index is 1.89. The minimum Gasteiger partial charge on any atom is -0.478 e. The van der Waals surface area contributed by atoms with Crippen molar-refractivity contribution in [1.29, 1.82) is 0 Å². The number of nitrogen functional groups attached to an aromatic ring is 2. The minimum atomic E-state index is -0.919. The molecule has 0 saturated carbocycles. The van der Waals surface area contributed by atoms with E-state index in [1.165, 1.54) is 0 Å². The normalized spacial score (nSPS) is 10.6. The van der Waals surface area contributed by atoms with Crippen molar-refractivity contribution >= 4 is 17.3 Å². The molecule has 126 valence electrons. The number of hydrogen-bond acceptors (Lipinski definition) is 3. The molecule has 0 aromatic heterocycles. The van der Waals surface area contributed by atoms with Crippen LogP contribution in [0.5, 0.6) is 0 Å². The van der Waals surface area contributed by atoms with Gasteiger partial charge in [0.05, 0.1) is 5.56 Å². The Labute approximate surface area is 146 Å². The molecule has 3 aromatic carbocycles. The first-order valence-corrected chi connectivity index (χ1v) is 8.04. The third-order valence-corrected chi connectivity index (χ3v) is 4.08. The van der Waals surface area contributed by atoms with Gasteiger partial charge in [0.1, 0.15) is 0 Å². The summed E-state index contributed by atoms with van der Waals surface area (Å²) in [6, 6.07) is 20.8. The number of benzene rings is 3. The van der Waals surface area contributed by atoms with Crippen LogP contribution in [0.4, 0.5) is 11.4 Å². The molecule has 3 aromatic rings. The van der Waals surface area contributed by atoms with Crippen molar-refractivity contribution < 1.29 is 9.90 Å². The number of carbonyl (C=O) groups is 1. The second kappa shape index (κ2) is 7.09. The fourth-order valence-electron chi connectivity index (χ4n) is 2.83. The van der Waals surface area contributed by atoms with Gasteiger partial charge in [-0.2, -0.15) is 0 Å². The smallest absolute Gasteiger partial charge is 0.335 e. The summed E-state index contributed by atoms with van der Waals surface area (Å²) in [5.41, 5.74) is 17.3. The Hall–Kier alpha value is -3.27. The fourth-order valence-corrected chi connectivity index (χ4v) is 2.83. The first-order valence-electron chi connectivity index (χ1n) is 8.04. The van der Waals surface area contributed by atoms with Crippen molar-refractivity contribution in [2.24, 2.45) is 0 Å². The molecule has 0 bridgehead atoms. The summed E-state index contributed by atoms with van der Waals surface area (Å²) < 4.78 is 0. The van der Waals surface area contributed by atoms with Gasteiger partial charge in [-0.05, 0) is 71.5 Å². The lowest BCUT2D eigenvalue weighted by atomic mass is 9.96. The quantitative estimate of drug-likeness (QED) is 0.621. The molecule has 0 saturated heterocycles. The summed E-state index contributed by atoms with van der Waals surface area (Å²) in [6.07, 6.45) is 1.33. The van der Waals surface area contributed by atoms with Gasteiger partial charge in [0.2, 0.25) is 0 Å². The molecule has 0 fully saturated rings. The van der Waals surface area contributed by atoms with Crippen molar-refractivity contribution in [1.82, 2.24) is 0 Å². The van der Waals surface area contributed by atoms with E-state index in [9.17, 15) is 9.90 Å². The fraction of sp³-hybridized carbons (Fsp3) is 0.0952. The Morgan fingerprint density at radius 2 is 1.08 bits per heavy atom. The van der Waals surface area contributed by atoms with Crippen molar-refractivity contribution in [2.75, 3.05) is 11.5 Å². The van der Waals surface area contributed by atoms with Gasteiger partial charge in [0.15, 0.2) is 0 Å². The molecule has 0 atom stereocenters. The van der Waals surface area contributed by atoms with Crippen LogP contribution in [0, 0.1) is 0 Å². The van der Waals surface area contributed by atoms with Crippen LogP contribution in [-0.2, 0) is 12.8 Å². The molecule has 0 spiro atoms. The number of rotatable bonds is 5. The number of carboxylic acid groups (broad SMARTS) is 1. The van der Waals surface area contributed by atoms with Crippen LogP contribution in [0.1, 0.15) is 32.6 Å². The summed E-state index contributed by atoms with van der Waals surface area (Å²) in [5.74, 6) is -0.919. The van der Waals surface area contributed by atoms with Gasteiger partial charge in [-0.15, -0.1) is 0 Å². The predicted molar refractivity (Wildman–Crippen MR) is 101 cm³/mol. The van der Waals surface area contributed by atoms with E-state index in [-0.39, 0.29) is 0 Å². The van der Waals surface area contributed by atoms with E-state index < -0.39 is 5.97 Å². The van der Waals surface area contributed by atoms with Crippen molar-refractivity contribution in [3.8, 4) is 0 Å². The molecule has 0 aliphatic heterocycles. The zero-order valence-electron chi connectivity index (χ0n) is 13.8. The second-order valence-electron chi connectivity index (χ2n) is 6.18. The lowest BCUT2D eigenvalue weighted by Gasteiger charge is -2.09. The highest BCUT2D eigenvalue weighted by Gasteiger charge is 2.09. The average Bonchev–Trinajstić information content (AvgIpc) is 2.59. The molecule has 3 rings (SSSR count). The molecule has 0 radical (unpaired) electrons. The Morgan fingerprint density at radius 1 is 0.680 bits per heavy atom.